The maximum Gasteiger partial charge on any atom is 0.308 e. The van der Waals surface area contributed by atoms with Crippen molar-refractivity contribution in [3.8, 4) is 5.75 Å². The molecule has 0 bridgehead atoms. The lowest BCUT2D eigenvalue weighted by atomic mass is 9.99. The van der Waals surface area contributed by atoms with Gasteiger partial charge in [-0.1, -0.05) is 23.7 Å². The average molecular weight is 362 g/mol. The first-order chi connectivity index (χ1) is 12.0. The lowest BCUT2D eigenvalue weighted by Crippen LogP contribution is -2.34. The van der Waals surface area contributed by atoms with E-state index in [0.717, 1.165) is 11.3 Å². The first kappa shape index (κ1) is 18.8. The highest BCUT2D eigenvalue weighted by Crippen LogP contribution is 2.16. The van der Waals surface area contributed by atoms with Crippen molar-refractivity contribution in [3.63, 3.8) is 0 Å². The van der Waals surface area contributed by atoms with Crippen LogP contribution in [-0.4, -0.2) is 30.1 Å². The second-order valence-electron chi connectivity index (χ2n) is 5.53. The van der Waals surface area contributed by atoms with Crippen LogP contribution in [0.15, 0.2) is 48.5 Å². The first-order valence-corrected chi connectivity index (χ1v) is 8.35. The molecule has 0 radical (unpaired) electrons. The summed E-state index contributed by atoms with van der Waals surface area (Å²) >= 11 is 5.79. The zero-order chi connectivity index (χ0) is 18.2. The van der Waals surface area contributed by atoms with Crippen LogP contribution in [-0.2, 0) is 11.2 Å². The molecule has 0 aliphatic rings. The van der Waals surface area contributed by atoms with Gasteiger partial charge in [-0.3, -0.25) is 9.59 Å². The molecule has 0 aromatic heterocycles. The molecule has 2 aromatic carbocycles. The zero-order valence-electron chi connectivity index (χ0n) is 13.9. The van der Waals surface area contributed by atoms with E-state index in [1.165, 1.54) is 0 Å². The monoisotopic (exact) mass is 361 g/mol. The number of hydrogen-bond acceptors (Lipinski definition) is 3. The highest BCUT2D eigenvalue weighted by atomic mass is 35.5. The summed E-state index contributed by atoms with van der Waals surface area (Å²) in [4.78, 5) is 23.6. The van der Waals surface area contributed by atoms with Crippen molar-refractivity contribution in [3.05, 3.63) is 64.7 Å². The molecule has 0 aliphatic carbocycles. The van der Waals surface area contributed by atoms with Crippen LogP contribution >= 0.6 is 11.6 Å². The zero-order valence-corrected chi connectivity index (χ0v) is 14.6. The van der Waals surface area contributed by atoms with Gasteiger partial charge in [-0.15, -0.1) is 0 Å². The van der Waals surface area contributed by atoms with E-state index in [0.29, 0.717) is 23.6 Å². The van der Waals surface area contributed by atoms with Gasteiger partial charge in [-0.25, -0.2) is 0 Å². The summed E-state index contributed by atoms with van der Waals surface area (Å²) in [6, 6.07) is 13.7. The molecule has 0 heterocycles. The van der Waals surface area contributed by atoms with Crippen LogP contribution in [0.2, 0.25) is 5.02 Å². The summed E-state index contributed by atoms with van der Waals surface area (Å²) in [7, 11) is 0. The van der Waals surface area contributed by atoms with Crippen LogP contribution in [0.5, 0.6) is 5.75 Å². The standard InChI is InChI=1S/C19H20ClNO4/c1-2-25-17-9-3-13(4-10-17)11-15(19(23)24)12-21-18(22)14-5-7-16(20)8-6-14/h3-10,15H,2,11-12H2,1H3,(H,21,22)(H,23,24). The van der Waals surface area contributed by atoms with Crippen molar-refractivity contribution in [2.45, 2.75) is 13.3 Å². The Balaban J connectivity index is 1.95. The molecule has 2 aromatic rings. The van der Waals surface area contributed by atoms with Crippen molar-refractivity contribution in [2.75, 3.05) is 13.2 Å². The largest absolute Gasteiger partial charge is 0.494 e. The van der Waals surface area contributed by atoms with E-state index < -0.39 is 11.9 Å². The van der Waals surface area contributed by atoms with Gasteiger partial charge >= 0.3 is 5.97 Å². The Labute approximate surface area is 151 Å². The van der Waals surface area contributed by atoms with Gasteiger partial charge in [0.2, 0.25) is 0 Å². The molecule has 132 valence electrons. The van der Waals surface area contributed by atoms with Crippen LogP contribution in [0, 0.1) is 5.92 Å². The number of carboxylic acid groups (broad SMARTS) is 1. The number of aliphatic carboxylic acids is 1. The number of carboxylic acids is 1. The molecule has 0 fully saturated rings. The Morgan fingerprint density at radius 2 is 1.76 bits per heavy atom. The van der Waals surface area contributed by atoms with Gasteiger partial charge in [0.15, 0.2) is 0 Å². The Morgan fingerprint density at radius 1 is 1.12 bits per heavy atom. The maximum absolute atomic E-state index is 12.1. The van der Waals surface area contributed by atoms with E-state index in [4.69, 9.17) is 16.3 Å². The number of rotatable bonds is 8. The van der Waals surface area contributed by atoms with Gasteiger partial charge in [0.1, 0.15) is 5.75 Å². The highest BCUT2D eigenvalue weighted by Gasteiger charge is 2.19. The van der Waals surface area contributed by atoms with E-state index >= 15 is 0 Å². The third-order valence-corrected chi connectivity index (χ3v) is 3.93. The predicted octanol–water partition coefficient (Wildman–Crippen LogP) is 3.41. The van der Waals surface area contributed by atoms with Gasteiger partial charge in [0.05, 0.1) is 12.5 Å². The summed E-state index contributed by atoms with van der Waals surface area (Å²) in [6.45, 7) is 2.52. The number of nitrogens with one attached hydrogen (secondary N) is 1. The number of amides is 1. The predicted molar refractivity (Wildman–Crippen MR) is 96.2 cm³/mol. The van der Waals surface area contributed by atoms with E-state index in [9.17, 15) is 14.7 Å². The number of benzene rings is 2. The van der Waals surface area contributed by atoms with Crippen LogP contribution in [0.1, 0.15) is 22.8 Å². The topological polar surface area (TPSA) is 75.6 Å². The molecule has 0 spiro atoms. The Morgan fingerprint density at radius 3 is 2.32 bits per heavy atom. The average Bonchev–Trinajstić information content (AvgIpc) is 2.60. The van der Waals surface area contributed by atoms with Gasteiger partial charge in [-0.05, 0) is 55.3 Å². The molecule has 25 heavy (non-hydrogen) atoms. The minimum Gasteiger partial charge on any atom is -0.494 e. The molecule has 2 N–H and O–H groups in total. The molecule has 0 saturated heterocycles. The quantitative estimate of drug-likeness (QED) is 0.755. The molecule has 6 heteroatoms. The first-order valence-electron chi connectivity index (χ1n) is 7.98. The van der Waals surface area contributed by atoms with Gasteiger partial charge in [0, 0.05) is 17.1 Å². The van der Waals surface area contributed by atoms with E-state index in [-0.39, 0.29) is 12.5 Å². The Hall–Kier alpha value is -2.53. The molecule has 5 nitrogen and oxygen atoms in total. The fraction of sp³-hybridized carbons (Fsp3) is 0.263. The van der Waals surface area contributed by atoms with Crippen LogP contribution in [0.3, 0.4) is 0 Å². The minimum atomic E-state index is -0.953. The van der Waals surface area contributed by atoms with Gasteiger partial charge in [-0.2, -0.15) is 0 Å². The van der Waals surface area contributed by atoms with E-state index in [1.807, 2.05) is 31.2 Å². The lowest BCUT2D eigenvalue weighted by Gasteiger charge is -2.14. The summed E-state index contributed by atoms with van der Waals surface area (Å²) in [5, 5.41) is 12.6. The van der Waals surface area contributed by atoms with Crippen LogP contribution < -0.4 is 10.1 Å². The fourth-order valence-corrected chi connectivity index (χ4v) is 2.46. The molecular formula is C19H20ClNO4. The summed E-state index contributed by atoms with van der Waals surface area (Å²) in [6.07, 6.45) is 0.322. The number of ether oxygens (including phenoxy) is 1. The summed E-state index contributed by atoms with van der Waals surface area (Å²) in [5.41, 5.74) is 1.31. The smallest absolute Gasteiger partial charge is 0.308 e. The number of hydrogen-bond donors (Lipinski definition) is 2. The second-order valence-corrected chi connectivity index (χ2v) is 5.97. The third kappa shape index (κ3) is 5.80. The molecule has 1 amide bonds. The Bertz CT molecular complexity index is 713. The van der Waals surface area contributed by atoms with E-state index in [1.54, 1.807) is 24.3 Å². The fourth-order valence-electron chi connectivity index (χ4n) is 2.34. The number of carbonyl (C=O) groups is 2. The molecule has 0 aliphatic heterocycles. The SMILES string of the molecule is CCOc1ccc(CC(CNC(=O)c2ccc(Cl)cc2)C(=O)O)cc1. The molecule has 1 atom stereocenters. The van der Waals surface area contributed by atoms with Crippen molar-refractivity contribution in [1.82, 2.24) is 5.32 Å². The lowest BCUT2D eigenvalue weighted by molar-refractivity contribution is -0.141. The van der Waals surface area contributed by atoms with Gasteiger partial charge < -0.3 is 15.2 Å². The van der Waals surface area contributed by atoms with Crippen molar-refractivity contribution in [1.29, 1.82) is 0 Å². The van der Waals surface area contributed by atoms with E-state index in [2.05, 4.69) is 5.32 Å². The highest BCUT2D eigenvalue weighted by molar-refractivity contribution is 6.30. The maximum atomic E-state index is 12.1. The number of carbonyl (C=O) groups excluding carboxylic acids is 1. The van der Waals surface area contributed by atoms with Crippen LogP contribution in [0.4, 0.5) is 0 Å². The normalized spacial score (nSPS) is 11.6. The molecular weight excluding hydrogens is 342 g/mol. The number of halogens is 1. The molecule has 2 rings (SSSR count). The third-order valence-electron chi connectivity index (χ3n) is 3.68. The molecule has 0 saturated carbocycles. The second kappa shape index (κ2) is 9.08. The summed E-state index contributed by atoms with van der Waals surface area (Å²) < 4.78 is 5.37. The van der Waals surface area contributed by atoms with Crippen molar-refractivity contribution < 1.29 is 19.4 Å². The van der Waals surface area contributed by atoms with Gasteiger partial charge in [0.25, 0.3) is 5.91 Å². The minimum absolute atomic E-state index is 0.0456. The Kier molecular flexibility index (Phi) is 6.83. The van der Waals surface area contributed by atoms with Crippen molar-refractivity contribution in [2.24, 2.45) is 5.92 Å². The van der Waals surface area contributed by atoms with Crippen molar-refractivity contribution >= 4 is 23.5 Å². The van der Waals surface area contributed by atoms with Crippen LogP contribution in [0.25, 0.3) is 0 Å². The molecule has 1 unspecified atom stereocenters. The summed E-state index contributed by atoms with van der Waals surface area (Å²) in [5.74, 6) is -1.25.